The summed E-state index contributed by atoms with van der Waals surface area (Å²) in [5, 5.41) is 0. The van der Waals surface area contributed by atoms with Crippen LogP contribution in [0.25, 0.3) is 0 Å². The molecule has 1 amide bonds. The summed E-state index contributed by atoms with van der Waals surface area (Å²) in [6.07, 6.45) is 0. The van der Waals surface area contributed by atoms with Gasteiger partial charge in [0.05, 0.1) is 17.9 Å². The minimum Gasteiger partial charge on any atom is -0.462 e. The van der Waals surface area contributed by atoms with E-state index in [4.69, 9.17) is 9.72 Å². The first-order chi connectivity index (χ1) is 14.3. The zero-order valence-electron chi connectivity index (χ0n) is 18.3. The molecule has 0 aliphatic carbocycles. The number of hydrogen-bond acceptors (Lipinski definition) is 7. The number of amides is 1. The fraction of sp³-hybridized carbons (Fsp3) is 0.500. The summed E-state index contributed by atoms with van der Waals surface area (Å²) < 4.78 is 5.02. The van der Waals surface area contributed by atoms with E-state index in [1.807, 2.05) is 13.0 Å². The highest BCUT2D eigenvalue weighted by atomic mass is 16.5. The van der Waals surface area contributed by atoms with Gasteiger partial charge in [0.2, 0.25) is 0 Å². The van der Waals surface area contributed by atoms with Gasteiger partial charge in [0, 0.05) is 43.9 Å². The van der Waals surface area contributed by atoms with E-state index in [1.54, 1.807) is 30.9 Å². The number of carbonyl (C=O) groups excluding carboxylic acids is 2. The molecule has 0 atom stereocenters. The summed E-state index contributed by atoms with van der Waals surface area (Å²) in [5.74, 6) is 1.46. The van der Waals surface area contributed by atoms with Gasteiger partial charge in [-0.15, -0.1) is 0 Å². The van der Waals surface area contributed by atoms with Crippen molar-refractivity contribution in [1.82, 2.24) is 19.9 Å². The maximum atomic E-state index is 12.9. The third-order valence-electron chi connectivity index (χ3n) is 5.07. The molecule has 3 rings (SSSR count). The number of anilines is 1. The standard InChI is InChI=1S/C22H29N5O3/c1-6-30-22(29)17-7-8-18(24-16(17)5)21(28)27-11-9-26(10-12-27)19-13-15(4)23-20(25-19)14(2)3/h7-8,13-14H,6,9-12H2,1-5H3. The van der Waals surface area contributed by atoms with Crippen LogP contribution in [0.15, 0.2) is 18.2 Å². The molecule has 0 spiro atoms. The fourth-order valence-electron chi connectivity index (χ4n) is 3.40. The summed E-state index contributed by atoms with van der Waals surface area (Å²) in [5.41, 5.74) is 2.17. The second-order valence-corrected chi connectivity index (χ2v) is 7.71. The summed E-state index contributed by atoms with van der Waals surface area (Å²) in [7, 11) is 0. The SMILES string of the molecule is CCOC(=O)c1ccc(C(=O)N2CCN(c3cc(C)nc(C(C)C)n3)CC2)nc1C. The molecular formula is C22H29N5O3. The predicted octanol–water partition coefficient (Wildman–Crippen LogP) is 2.75. The fourth-order valence-corrected chi connectivity index (χ4v) is 3.40. The van der Waals surface area contributed by atoms with E-state index in [1.165, 1.54) is 0 Å². The zero-order valence-corrected chi connectivity index (χ0v) is 18.3. The van der Waals surface area contributed by atoms with Crippen molar-refractivity contribution in [3.8, 4) is 0 Å². The summed E-state index contributed by atoms with van der Waals surface area (Å²) in [6, 6.07) is 5.19. The highest BCUT2D eigenvalue weighted by molar-refractivity contribution is 5.95. The van der Waals surface area contributed by atoms with E-state index in [2.05, 4.69) is 28.7 Å². The van der Waals surface area contributed by atoms with Crippen molar-refractivity contribution in [2.75, 3.05) is 37.7 Å². The van der Waals surface area contributed by atoms with Crippen molar-refractivity contribution < 1.29 is 14.3 Å². The number of aromatic nitrogens is 3. The van der Waals surface area contributed by atoms with Crippen molar-refractivity contribution >= 4 is 17.7 Å². The maximum absolute atomic E-state index is 12.9. The van der Waals surface area contributed by atoms with Gasteiger partial charge in [-0.25, -0.2) is 19.7 Å². The van der Waals surface area contributed by atoms with E-state index in [9.17, 15) is 9.59 Å². The van der Waals surface area contributed by atoms with Gasteiger partial charge in [0.25, 0.3) is 5.91 Å². The Bertz CT molecular complexity index is 936. The molecule has 1 saturated heterocycles. The Balaban J connectivity index is 1.67. The third-order valence-corrected chi connectivity index (χ3v) is 5.07. The number of hydrogen-bond donors (Lipinski definition) is 0. The Morgan fingerprint density at radius 2 is 1.77 bits per heavy atom. The highest BCUT2D eigenvalue weighted by Gasteiger charge is 2.25. The number of pyridine rings is 1. The monoisotopic (exact) mass is 411 g/mol. The van der Waals surface area contributed by atoms with Gasteiger partial charge >= 0.3 is 5.97 Å². The molecular weight excluding hydrogens is 382 g/mol. The molecule has 30 heavy (non-hydrogen) atoms. The lowest BCUT2D eigenvalue weighted by molar-refractivity contribution is 0.0524. The lowest BCUT2D eigenvalue weighted by Gasteiger charge is -2.35. The molecule has 2 aromatic rings. The Kier molecular flexibility index (Phi) is 6.64. The Hall–Kier alpha value is -3.03. The van der Waals surface area contributed by atoms with Crippen molar-refractivity contribution in [1.29, 1.82) is 0 Å². The van der Waals surface area contributed by atoms with Crippen LogP contribution in [0.1, 0.15) is 64.7 Å². The lowest BCUT2D eigenvalue weighted by atomic mass is 10.1. The van der Waals surface area contributed by atoms with Crippen LogP contribution in [-0.4, -0.2) is 64.5 Å². The van der Waals surface area contributed by atoms with Crippen molar-refractivity contribution in [3.05, 3.63) is 46.7 Å². The lowest BCUT2D eigenvalue weighted by Crippen LogP contribution is -2.49. The van der Waals surface area contributed by atoms with Crippen LogP contribution in [0.5, 0.6) is 0 Å². The number of ether oxygens (including phenoxy) is 1. The normalized spacial score (nSPS) is 14.2. The molecule has 0 aromatic carbocycles. The van der Waals surface area contributed by atoms with Crippen LogP contribution in [0.2, 0.25) is 0 Å². The average Bonchev–Trinajstić information content (AvgIpc) is 2.73. The summed E-state index contributed by atoms with van der Waals surface area (Å²) in [6.45, 7) is 12.5. The quantitative estimate of drug-likeness (QED) is 0.699. The maximum Gasteiger partial charge on any atom is 0.339 e. The first-order valence-corrected chi connectivity index (χ1v) is 10.3. The number of rotatable bonds is 5. The minimum atomic E-state index is -0.420. The molecule has 1 aliphatic heterocycles. The van der Waals surface area contributed by atoms with Gasteiger partial charge in [-0.1, -0.05) is 13.8 Å². The molecule has 0 bridgehead atoms. The Morgan fingerprint density at radius 3 is 2.37 bits per heavy atom. The summed E-state index contributed by atoms with van der Waals surface area (Å²) in [4.78, 5) is 42.4. The van der Waals surface area contributed by atoms with Crippen LogP contribution in [0, 0.1) is 13.8 Å². The highest BCUT2D eigenvalue weighted by Crippen LogP contribution is 2.19. The largest absolute Gasteiger partial charge is 0.462 e. The Morgan fingerprint density at radius 1 is 1.07 bits per heavy atom. The molecule has 8 heteroatoms. The molecule has 0 N–H and O–H groups in total. The van der Waals surface area contributed by atoms with Gasteiger partial charge < -0.3 is 14.5 Å². The average molecular weight is 412 g/mol. The molecule has 1 aliphatic rings. The van der Waals surface area contributed by atoms with Crippen molar-refractivity contribution in [2.24, 2.45) is 0 Å². The topological polar surface area (TPSA) is 88.5 Å². The Labute approximate surface area is 177 Å². The van der Waals surface area contributed by atoms with Crippen LogP contribution in [0.3, 0.4) is 0 Å². The molecule has 160 valence electrons. The molecule has 3 heterocycles. The smallest absolute Gasteiger partial charge is 0.339 e. The second kappa shape index (κ2) is 9.19. The van der Waals surface area contributed by atoms with Crippen molar-refractivity contribution in [2.45, 2.75) is 40.5 Å². The van der Waals surface area contributed by atoms with E-state index >= 15 is 0 Å². The number of aryl methyl sites for hydroxylation is 2. The van der Waals surface area contributed by atoms with Crippen LogP contribution < -0.4 is 4.90 Å². The first kappa shape index (κ1) is 21.7. The molecule has 0 unspecified atom stereocenters. The zero-order chi connectivity index (χ0) is 21.8. The van der Waals surface area contributed by atoms with Gasteiger partial charge in [-0.3, -0.25) is 4.79 Å². The van der Waals surface area contributed by atoms with Crippen molar-refractivity contribution in [3.63, 3.8) is 0 Å². The van der Waals surface area contributed by atoms with E-state index in [0.29, 0.717) is 49.7 Å². The second-order valence-electron chi connectivity index (χ2n) is 7.71. The van der Waals surface area contributed by atoms with Crippen LogP contribution in [-0.2, 0) is 4.74 Å². The van der Waals surface area contributed by atoms with Crippen LogP contribution >= 0.6 is 0 Å². The van der Waals surface area contributed by atoms with E-state index in [0.717, 1.165) is 17.3 Å². The molecule has 2 aromatic heterocycles. The van der Waals surface area contributed by atoms with Gasteiger partial charge in [0.1, 0.15) is 17.3 Å². The number of nitrogens with zero attached hydrogens (tertiary/aromatic N) is 5. The number of piperazine rings is 1. The van der Waals surface area contributed by atoms with E-state index < -0.39 is 5.97 Å². The first-order valence-electron chi connectivity index (χ1n) is 10.3. The van der Waals surface area contributed by atoms with Gasteiger partial charge in [0.15, 0.2) is 0 Å². The van der Waals surface area contributed by atoms with E-state index in [-0.39, 0.29) is 11.8 Å². The molecule has 1 fully saturated rings. The molecule has 0 saturated carbocycles. The number of carbonyl (C=O) groups is 2. The predicted molar refractivity (Wildman–Crippen MR) is 114 cm³/mol. The summed E-state index contributed by atoms with van der Waals surface area (Å²) >= 11 is 0. The third kappa shape index (κ3) is 4.75. The number of esters is 1. The molecule has 0 radical (unpaired) electrons. The minimum absolute atomic E-state index is 0.130. The van der Waals surface area contributed by atoms with Gasteiger partial charge in [-0.05, 0) is 32.9 Å². The van der Waals surface area contributed by atoms with Crippen LogP contribution in [0.4, 0.5) is 5.82 Å². The molecule has 8 nitrogen and oxygen atoms in total. The van der Waals surface area contributed by atoms with Gasteiger partial charge in [-0.2, -0.15) is 0 Å².